The molecule has 0 amide bonds. The molecule has 0 bridgehead atoms. The number of fused-ring (bicyclic) bond motifs is 2. The fraction of sp³-hybridized carbons (Fsp3) is 0.379. The van der Waals surface area contributed by atoms with Gasteiger partial charge in [-0.3, -0.25) is 0 Å². The number of hydrogen-bond donors (Lipinski definition) is 0. The smallest absolute Gasteiger partial charge is 0.212 e. The Morgan fingerprint density at radius 1 is 1.14 bits per heavy atom. The second-order valence-corrected chi connectivity index (χ2v) is 12.0. The van der Waals surface area contributed by atoms with Crippen molar-refractivity contribution in [2.45, 2.75) is 51.3 Å². The third-order valence-electron chi connectivity index (χ3n) is 6.92. The van der Waals surface area contributed by atoms with E-state index < -0.39 is 0 Å². The highest BCUT2D eigenvalue weighted by Crippen LogP contribution is 2.36. The lowest BCUT2D eigenvalue weighted by Gasteiger charge is -2.31. The third-order valence-corrected chi connectivity index (χ3v) is 9.06. The topological polar surface area (TPSA) is 55.8 Å². The number of aromatic nitrogens is 3. The zero-order valence-corrected chi connectivity index (χ0v) is 23.2. The Hall–Kier alpha value is -2.81. The lowest BCUT2D eigenvalue weighted by Crippen LogP contribution is -2.33. The van der Waals surface area contributed by atoms with Crippen LogP contribution in [0.15, 0.2) is 58.0 Å². The molecule has 1 atom stereocenters. The summed E-state index contributed by atoms with van der Waals surface area (Å²) in [5, 5.41) is 6.68. The molecule has 1 aliphatic rings. The van der Waals surface area contributed by atoms with E-state index in [9.17, 15) is 0 Å². The van der Waals surface area contributed by atoms with Crippen LogP contribution in [0.25, 0.3) is 27.4 Å². The van der Waals surface area contributed by atoms with Gasteiger partial charge in [-0.2, -0.15) is 5.10 Å². The van der Waals surface area contributed by atoms with E-state index in [-0.39, 0.29) is 0 Å². The zero-order chi connectivity index (χ0) is 25.4. The molecule has 6 rings (SSSR count). The van der Waals surface area contributed by atoms with Crippen LogP contribution in [0.4, 0.5) is 0 Å². The molecule has 0 saturated carbocycles. The van der Waals surface area contributed by atoms with E-state index in [1.807, 2.05) is 22.7 Å². The van der Waals surface area contributed by atoms with E-state index in [4.69, 9.17) is 14.1 Å². The van der Waals surface area contributed by atoms with Gasteiger partial charge in [-0.15, -0.1) is 0 Å². The summed E-state index contributed by atoms with van der Waals surface area (Å²) in [5.74, 6) is 2.15. The van der Waals surface area contributed by atoms with Crippen molar-refractivity contribution < 1.29 is 9.15 Å². The molecule has 4 heterocycles. The van der Waals surface area contributed by atoms with E-state index in [0.717, 1.165) is 64.1 Å². The Labute approximate surface area is 225 Å². The molecule has 5 aromatic rings. The molecular formula is C29H32N4O2S2. The van der Waals surface area contributed by atoms with E-state index in [2.05, 4.69) is 72.6 Å². The number of hydrogen-bond acceptors (Lipinski definition) is 7. The molecule has 2 aromatic carbocycles. The largest absolute Gasteiger partial charge is 0.492 e. The highest BCUT2D eigenvalue weighted by Gasteiger charge is 2.23. The van der Waals surface area contributed by atoms with E-state index in [1.165, 1.54) is 28.9 Å². The SMILES string of the molecule is CCc1cc(OCC2CCCN(Sc3ccc(C)cc3)C2)c2cc(-c3cn4nc(CC)sc4n3)oc2c1. The first-order valence-corrected chi connectivity index (χ1v) is 14.7. The summed E-state index contributed by atoms with van der Waals surface area (Å²) in [4.78, 5) is 6.96. The number of benzene rings is 2. The molecule has 1 saturated heterocycles. The average molecular weight is 533 g/mol. The van der Waals surface area contributed by atoms with Crippen molar-refractivity contribution in [1.29, 1.82) is 0 Å². The van der Waals surface area contributed by atoms with Crippen LogP contribution in [0.1, 0.15) is 42.8 Å². The second kappa shape index (κ2) is 10.5. The molecule has 1 fully saturated rings. The van der Waals surface area contributed by atoms with Gasteiger partial charge < -0.3 is 9.15 Å². The van der Waals surface area contributed by atoms with E-state index >= 15 is 0 Å². The molecule has 192 valence electrons. The number of imidazole rings is 1. The third kappa shape index (κ3) is 5.28. The highest BCUT2D eigenvalue weighted by molar-refractivity contribution is 7.97. The predicted molar refractivity (Wildman–Crippen MR) is 152 cm³/mol. The van der Waals surface area contributed by atoms with Gasteiger partial charge in [0, 0.05) is 23.9 Å². The van der Waals surface area contributed by atoms with Gasteiger partial charge in [0.2, 0.25) is 4.96 Å². The van der Waals surface area contributed by atoms with Crippen LogP contribution in [-0.4, -0.2) is 38.6 Å². The van der Waals surface area contributed by atoms with Crippen LogP contribution in [-0.2, 0) is 12.8 Å². The van der Waals surface area contributed by atoms with Crippen LogP contribution in [0.3, 0.4) is 0 Å². The molecule has 1 aliphatic heterocycles. The summed E-state index contributed by atoms with van der Waals surface area (Å²) in [6.45, 7) is 9.26. The minimum absolute atomic E-state index is 0.497. The van der Waals surface area contributed by atoms with Crippen molar-refractivity contribution in [3.05, 3.63) is 64.8 Å². The summed E-state index contributed by atoms with van der Waals surface area (Å²) in [5.41, 5.74) is 4.16. The van der Waals surface area contributed by atoms with Gasteiger partial charge in [0.25, 0.3) is 0 Å². The summed E-state index contributed by atoms with van der Waals surface area (Å²) >= 11 is 3.48. The van der Waals surface area contributed by atoms with Crippen LogP contribution < -0.4 is 4.74 Å². The normalized spacial score (nSPS) is 16.7. The number of furan rings is 1. The van der Waals surface area contributed by atoms with Gasteiger partial charge >= 0.3 is 0 Å². The van der Waals surface area contributed by atoms with Crippen LogP contribution in [0.2, 0.25) is 0 Å². The van der Waals surface area contributed by atoms with Gasteiger partial charge in [-0.1, -0.05) is 42.9 Å². The van der Waals surface area contributed by atoms with Crippen molar-refractivity contribution >= 4 is 39.2 Å². The maximum absolute atomic E-state index is 6.51. The summed E-state index contributed by atoms with van der Waals surface area (Å²) in [7, 11) is 0. The van der Waals surface area contributed by atoms with E-state index in [1.54, 1.807) is 11.3 Å². The Morgan fingerprint density at radius 2 is 2.00 bits per heavy atom. The van der Waals surface area contributed by atoms with Gasteiger partial charge in [-0.05, 0) is 80.5 Å². The number of nitrogens with zero attached hydrogens (tertiary/aromatic N) is 4. The summed E-state index contributed by atoms with van der Waals surface area (Å²) in [6.07, 6.45) is 6.18. The fourth-order valence-corrected chi connectivity index (χ4v) is 6.69. The van der Waals surface area contributed by atoms with Gasteiger partial charge in [0.1, 0.15) is 22.0 Å². The number of piperidine rings is 1. The number of ether oxygens (including phenoxy) is 1. The Kier molecular flexibility index (Phi) is 6.97. The Morgan fingerprint density at radius 3 is 2.78 bits per heavy atom. The number of aryl methyl sites for hydroxylation is 3. The minimum Gasteiger partial charge on any atom is -0.492 e. The molecular weight excluding hydrogens is 500 g/mol. The molecule has 3 aromatic heterocycles. The fourth-order valence-electron chi connectivity index (χ4n) is 4.82. The molecule has 37 heavy (non-hydrogen) atoms. The highest BCUT2D eigenvalue weighted by atomic mass is 32.2. The first-order valence-electron chi connectivity index (χ1n) is 13.1. The molecule has 8 heteroatoms. The molecule has 1 unspecified atom stereocenters. The Balaban J connectivity index is 1.19. The predicted octanol–water partition coefficient (Wildman–Crippen LogP) is 7.44. The zero-order valence-electron chi connectivity index (χ0n) is 21.6. The molecule has 0 radical (unpaired) electrons. The Bertz CT molecular complexity index is 1490. The first kappa shape index (κ1) is 24.5. The van der Waals surface area contributed by atoms with Crippen LogP contribution in [0.5, 0.6) is 5.75 Å². The van der Waals surface area contributed by atoms with Crippen molar-refractivity contribution in [2.75, 3.05) is 19.7 Å². The average Bonchev–Trinajstić information content (AvgIpc) is 3.61. The lowest BCUT2D eigenvalue weighted by molar-refractivity contribution is 0.188. The molecule has 0 N–H and O–H groups in total. The van der Waals surface area contributed by atoms with Gasteiger partial charge in [0.15, 0.2) is 5.76 Å². The van der Waals surface area contributed by atoms with E-state index in [0.29, 0.717) is 12.5 Å². The molecule has 0 spiro atoms. The lowest BCUT2D eigenvalue weighted by atomic mass is 10.0. The standard InChI is InChI=1S/C29H32N4O2S2/c1-4-20-13-25(34-18-21-7-6-12-32(16-21)37-22-10-8-19(3)9-11-22)23-15-27(35-26(23)14-20)24-17-33-29(30-24)36-28(5-2)31-33/h8-11,13-15,17,21H,4-7,12,16,18H2,1-3H3. The summed E-state index contributed by atoms with van der Waals surface area (Å²) < 4.78 is 17.1. The second-order valence-electron chi connectivity index (χ2n) is 9.78. The number of rotatable bonds is 8. The molecule has 0 aliphatic carbocycles. The van der Waals surface area contributed by atoms with Crippen LogP contribution >= 0.6 is 23.3 Å². The van der Waals surface area contributed by atoms with Crippen molar-refractivity contribution in [1.82, 2.24) is 18.9 Å². The van der Waals surface area contributed by atoms with Crippen molar-refractivity contribution in [3.63, 3.8) is 0 Å². The quantitative estimate of drug-likeness (QED) is 0.194. The first-order chi connectivity index (χ1) is 18.1. The minimum atomic E-state index is 0.497. The van der Waals surface area contributed by atoms with Crippen LogP contribution in [0, 0.1) is 12.8 Å². The van der Waals surface area contributed by atoms with Gasteiger partial charge in [-0.25, -0.2) is 13.8 Å². The van der Waals surface area contributed by atoms with Crippen molar-refractivity contribution in [3.8, 4) is 17.2 Å². The summed E-state index contributed by atoms with van der Waals surface area (Å²) in [6, 6.07) is 15.2. The van der Waals surface area contributed by atoms with Crippen molar-refractivity contribution in [2.24, 2.45) is 5.92 Å². The molecule has 6 nitrogen and oxygen atoms in total. The van der Waals surface area contributed by atoms with Gasteiger partial charge in [0.05, 0.1) is 18.2 Å². The monoisotopic (exact) mass is 532 g/mol. The maximum Gasteiger partial charge on any atom is 0.212 e. The maximum atomic E-state index is 6.51.